The molecule has 0 bridgehead atoms. The molecule has 1 aromatic rings. The van der Waals surface area contributed by atoms with Crippen molar-refractivity contribution in [3.8, 4) is 0 Å². The van der Waals surface area contributed by atoms with Crippen molar-refractivity contribution < 1.29 is 0 Å². The maximum Gasteiger partial charge on any atom is 0.0119 e. The molecule has 0 spiro atoms. The largest absolute Gasteiger partial charge is 0.267 e. The second-order valence-electron chi connectivity index (χ2n) is 2.73. The Kier molecular flexibility index (Phi) is 4.19. The number of nitrogens with one attached hydrogen (secondary N) is 1. The van der Waals surface area contributed by atoms with E-state index in [0.29, 0.717) is 0 Å². The summed E-state index contributed by atoms with van der Waals surface area (Å²) >= 11 is 1.76. The molecule has 0 aliphatic rings. The molecular formula is C10H15NS. The molecule has 1 nitrogen and oxygen atoms in total. The number of aryl methyl sites for hydroxylation is 2. The topological polar surface area (TPSA) is 12.0 Å². The Morgan fingerprint density at radius 1 is 1.33 bits per heavy atom. The van der Waals surface area contributed by atoms with Crippen LogP contribution < -0.4 is 4.72 Å². The lowest BCUT2D eigenvalue weighted by molar-refractivity contribution is 1.11. The smallest absolute Gasteiger partial charge is 0.0119 e. The van der Waals surface area contributed by atoms with Crippen molar-refractivity contribution in [3.63, 3.8) is 0 Å². The highest BCUT2D eigenvalue weighted by molar-refractivity contribution is 7.97. The minimum absolute atomic E-state index is 1.14. The van der Waals surface area contributed by atoms with Gasteiger partial charge in [-0.05, 0) is 31.5 Å². The van der Waals surface area contributed by atoms with Crippen molar-refractivity contribution in [1.29, 1.82) is 0 Å². The van der Waals surface area contributed by atoms with Crippen molar-refractivity contribution in [2.75, 3.05) is 12.8 Å². The molecule has 0 aliphatic heterocycles. The van der Waals surface area contributed by atoms with Crippen LogP contribution in [0.2, 0.25) is 0 Å². The van der Waals surface area contributed by atoms with Gasteiger partial charge in [-0.1, -0.05) is 36.2 Å². The predicted octanol–water partition coefficient (Wildman–Crippen LogP) is 2.41. The van der Waals surface area contributed by atoms with E-state index in [4.69, 9.17) is 0 Å². The van der Waals surface area contributed by atoms with Gasteiger partial charge in [0.25, 0.3) is 0 Å². The van der Waals surface area contributed by atoms with Crippen molar-refractivity contribution in [2.45, 2.75) is 13.3 Å². The molecule has 0 saturated carbocycles. The maximum atomic E-state index is 3.07. The van der Waals surface area contributed by atoms with E-state index in [1.807, 2.05) is 7.05 Å². The predicted molar refractivity (Wildman–Crippen MR) is 56.4 cm³/mol. The third-order valence-electron chi connectivity index (χ3n) is 1.88. The minimum atomic E-state index is 1.14. The number of hydrogen-bond donors (Lipinski definition) is 1. The van der Waals surface area contributed by atoms with Crippen molar-refractivity contribution in [2.24, 2.45) is 0 Å². The van der Waals surface area contributed by atoms with Crippen LogP contribution in [0.15, 0.2) is 24.3 Å². The van der Waals surface area contributed by atoms with Crippen molar-refractivity contribution >= 4 is 11.9 Å². The van der Waals surface area contributed by atoms with Gasteiger partial charge in [-0.25, -0.2) is 0 Å². The number of benzene rings is 1. The highest BCUT2D eigenvalue weighted by Gasteiger charge is 1.95. The van der Waals surface area contributed by atoms with Crippen LogP contribution in [0, 0.1) is 6.92 Å². The van der Waals surface area contributed by atoms with Crippen molar-refractivity contribution in [1.82, 2.24) is 4.72 Å². The van der Waals surface area contributed by atoms with E-state index in [1.165, 1.54) is 11.1 Å². The summed E-state index contributed by atoms with van der Waals surface area (Å²) in [6.07, 6.45) is 1.15. The average molecular weight is 181 g/mol. The molecule has 0 aromatic heterocycles. The van der Waals surface area contributed by atoms with Crippen LogP contribution in [-0.2, 0) is 6.42 Å². The van der Waals surface area contributed by atoms with Gasteiger partial charge in [-0.3, -0.25) is 4.72 Å². The third kappa shape index (κ3) is 2.88. The Balaban J connectivity index is 2.46. The first kappa shape index (κ1) is 9.62. The summed E-state index contributed by atoms with van der Waals surface area (Å²) in [5, 5.41) is 0. The van der Waals surface area contributed by atoms with Gasteiger partial charge < -0.3 is 0 Å². The summed E-state index contributed by atoms with van der Waals surface area (Å²) in [7, 11) is 1.96. The van der Waals surface area contributed by atoms with E-state index >= 15 is 0 Å². The van der Waals surface area contributed by atoms with Gasteiger partial charge in [0.15, 0.2) is 0 Å². The Hall–Kier alpha value is -0.470. The quantitative estimate of drug-likeness (QED) is 0.565. The van der Waals surface area contributed by atoms with Crippen LogP contribution in [0.1, 0.15) is 11.1 Å². The molecule has 12 heavy (non-hydrogen) atoms. The zero-order valence-corrected chi connectivity index (χ0v) is 8.45. The van der Waals surface area contributed by atoms with Crippen LogP contribution in [0.5, 0.6) is 0 Å². The lowest BCUT2D eigenvalue weighted by Gasteiger charge is -2.03. The second-order valence-corrected chi connectivity index (χ2v) is 3.83. The Morgan fingerprint density at radius 3 is 2.75 bits per heavy atom. The summed E-state index contributed by atoms with van der Waals surface area (Å²) in [6, 6.07) is 8.56. The zero-order chi connectivity index (χ0) is 8.81. The van der Waals surface area contributed by atoms with Gasteiger partial charge in [-0.15, -0.1) is 0 Å². The van der Waals surface area contributed by atoms with E-state index in [9.17, 15) is 0 Å². The molecule has 2 heteroatoms. The molecule has 66 valence electrons. The number of hydrogen-bond acceptors (Lipinski definition) is 2. The van der Waals surface area contributed by atoms with Gasteiger partial charge in [0, 0.05) is 5.75 Å². The highest BCUT2D eigenvalue weighted by atomic mass is 32.2. The van der Waals surface area contributed by atoms with Crippen molar-refractivity contribution in [3.05, 3.63) is 35.4 Å². The van der Waals surface area contributed by atoms with E-state index in [0.717, 1.165) is 12.2 Å². The maximum absolute atomic E-state index is 3.07. The van der Waals surface area contributed by atoms with Crippen LogP contribution >= 0.6 is 11.9 Å². The molecule has 1 N–H and O–H groups in total. The summed E-state index contributed by atoms with van der Waals surface area (Å²) in [5.41, 5.74) is 2.86. The summed E-state index contributed by atoms with van der Waals surface area (Å²) in [6.45, 7) is 2.17. The van der Waals surface area contributed by atoms with Crippen LogP contribution in [0.25, 0.3) is 0 Å². The molecule has 0 unspecified atom stereocenters. The molecule has 1 rings (SSSR count). The van der Waals surface area contributed by atoms with Gasteiger partial charge in [0.2, 0.25) is 0 Å². The van der Waals surface area contributed by atoms with Crippen LogP contribution in [0.3, 0.4) is 0 Å². The summed E-state index contributed by atoms with van der Waals surface area (Å²) < 4.78 is 3.07. The lowest BCUT2D eigenvalue weighted by Crippen LogP contribution is -1.98. The highest BCUT2D eigenvalue weighted by Crippen LogP contribution is 2.09. The van der Waals surface area contributed by atoms with E-state index in [2.05, 4.69) is 35.9 Å². The fourth-order valence-corrected chi connectivity index (χ4v) is 1.68. The van der Waals surface area contributed by atoms with Crippen LogP contribution in [0.4, 0.5) is 0 Å². The normalized spacial score (nSPS) is 10.2. The summed E-state index contributed by atoms with van der Waals surface area (Å²) in [4.78, 5) is 0. The lowest BCUT2D eigenvalue weighted by atomic mass is 10.1. The Morgan fingerprint density at radius 2 is 2.08 bits per heavy atom. The standard InChI is InChI=1S/C10H15NS/c1-9-5-3-4-6-10(9)7-8-12-11-2/h3-6,11H,7-8H2,1-2H3. The average Bonchev–Trinajstić information content (AvgIpc) is 2.09. The zero-order valence-electron chi connectivity index (χ0n) is 7.63. The molecule has 0 amide bonds. The van der Waals surface area contributed by atoms with E-state index < -0.39 is 0 Å². The fourth-order valence-electron chi connectivity index (χ4n) is 1.15. The first-order chi connectivity index (χ1) is 5.84. The molecule has 0 heterocycles. The SMILES string of the molecule is CNSCCc1ccccc1C. The molecule has 0 fully saturated rings. The van der Waals surface area contributed by atoms with Crippen LogP contribution in [-0.4, -0.2) is 12.8 Å². The Bertz CT molecular complexity index is 235. The first-order valence-corrected chi connectivity index (χ1v) is 5.16. The van der Waals surface area contributed by atoms with Gasteiger partial charge in [0.05, 0.1) is 0 Å². The van der Waals surface area contributed by atoms with E-state index in [1.54, 1.807) is 11.9 Å². The van der Waals surface area contributed by atoms with Gasteiger partial charge in [0.1, 0.15) is 0 Å². The third-order valence-corrected chi connectivity index (χ3v) is 2.58. The number of rotatable bonds is 4. The first-order valence-electron chi connectivity index (χ1n) is 4.17. The molecule has 0 aliphatic carbocycles. The fraction of sp³-hybridized carbons (Fsp3) is 0.400. The van der Waals surface area contributed by atoms with Gasteiger partial charge >= 0.3 is 0 Å². The molecule has 0 saturated heterocycles. The monoisotopic (exact) mass is 181 g/mol. The molecular weight excluding hydrogens is 166 g/mol. The van der Waals surface area contributed by atoms with Gasteiger partial charge in [-0.2, -0.15) is 0 Å². The summed E-state index contributed by atoms with van der Waals surface area (Å²) in [5.74, 6) is 1.14. The second kappa shape index (κ2) is 5.22. The Labute approximate surface area is 78.7 Å². The molecule has 0 radical (unpaired) electrons. The van der Waals surface area contributed by atoms with E-state index in [-0.39, 0.29) is 0 Å². The molecule has 0 atom stereocenters. The minimum Gasteiger partial charge on any atom is -0.267 e. The molecule has 1 aromatic carbocycles.